The first-order valence-electron chi connectivity index (χ1n) is 9.20. The fourth-order valence-electron chi connectivity index (χ4n) is 4.05. The summed E-state index contributed by atoms with van der Waals surface area (Å²) in [7, 11) is 1.89. The molecule has 26 heavy (non-hydrogen) atoms. The molecule has 2 aliphatic rings. The second-order valence-corrected chi connectivity index (χ2v) is 7.48. The van der Waals surface area contributed by atoms with Crippen LogP contribution in [-0.4, -0.2) is 32.0 Å². The first-order valence-corrected chi connectivity index (χ1v) is 9.20. The number of amides is 2. The SMILES string of the molecule is Cc1cc(C(=O)N[C@@H]2CCC(=O)N[C@H]2c2cncn2C)c(C)n1C1CC1. The topological polar surface area (TPSA) is 81.0 Å². The number of rotatable bonds is 4. The number of aromatic nitrogens is 3. The molecule has 1 aliphatic heterocycles. The van der Waals surface area contributed by atoms with Crippen LogP contribution < -0.4 is 10.6 Å². The number of aryl methyl sites for hydroxylation is 2. The summed E-state index contributed by atoms with van der Waals surface area (Å²) >= 11 is 0. The Kier molecular flexibility index (Phi) is 4.09. The Labute approximate surface area is 152 Å². The van der Waals surface area contributed by atoms with Crippen LogP contribution in [0, 0.1) is 13.8 Å². The van der Waals surface area contributed by atoms with Crippen LogP contribution in [0.4, 0.5) is 0 Å². The van der Waals surface area contributed by atoms with Crippen LogP contribution in [0.3, 0.4) is 0 Å². The zero-order valence-electron chi connectivity index (χ0n) is 15.5. The lowest BCUT2D eigenvalue weighted by Gasteiger charge is -2.33. The van der Waals surface area contributed by atoms with Crippen molar-refractivity contribution >= 4 is 11.8 Å². The lowest BCUT2D eigenvalue weighted by molar-refractivity contribution is -0.123. The average Bonchev–Trinajstić information content (AvgIpc) is 3.26. The van der Waals surface area contributed by atoms with Crippen molar-refractivity contribution < 1.29 is 9.59 Å². The fraction of sp³-hybridized carbons (Fsp3) is 0.526. The minimum atomic E-state index is -0.264. The van der Waals surface area contributed by atoms with Gasteiger partial charge in [0.1, 0.15) is 0 Å². The quantitative estimate of drug-likeness (QED) is 0.879. The number of carbonyl (C=O) groups excluding carboxylic acids is 2. The third kappa shape index (κ3) is 2.91. The zero-order valence-corrected chi connectivity index (χ0v) is 15.5. The normalized spacial score (nSPS) is 23.0. The molecule has 1 saturated heterocycles. The van der Waals surface area contributed by atoms with Crippen LogP contribution in [0.1, 0.15) is 65.2 Å². The summed E-state index contributed by atoms with van der Waals surface area (Å²) in [6, 6.07) is 2.11. The minimum absolute atomic E-state index is 0.00797. The number of hydrogen-bond donors (Lipinski definition) is 2. The summed E-state index contributed by atoms with van der Waals surface area (Å²) in [5, 5.41) is 6.16. The van der Waals surface area contributed by atoms with Gasteiger partial charge in [0, 0.05) is 30.9 Å². The molecule has 0 bridgehead atoms. The molecule has 0 aromatic carbocycles. The Morgan fingerprint density at radius 2 is 2.08 bits per heavy atom. The summed E-state index contributed by atoms with van der Waals surface area (Å²) in [6.45, 7) is 4.07. The number of nitrogens with zero attached hydrogens (tertiary/aromatic N) is 3. The van der Waals surface area contributed by atoms with Crippen molar-refractivity contribution in [3.05, 3.63) is 41.2 Å². The minimum Gasteiger partial charge on any atom is -0.347 e. The molecular formula is C19H25N5O2. The van der Waals surface area contributed by atoms with E-state index in [-0.39, 0.29) is 23.9 Å². The highest BCUT2D eigenvalue weighted by atomic mass is 16.2. The van der Waals surface area contributed by atoms with Gasteiger partial charge in [0.2, 0.25) is 5.91 Å². The molecule has 2 N–H and O–H groups in total. The van der Waals surface area contributed by atoms with Gasteiger partial charge in [-0.25, -0.2) is 4.98 Å². The van der Waals surface area contributed by atoms with Gasteiger partial charge in [-0.05, 0) is 39.2 Å². The summed E-state index contributed by atoms with van der Waals surface area (Å²) in [6.07, 6.45) is 6.87. The number of carbonyl (C=O) groups is 2. The molecule has 0 unspecified atom stereocenters. The summed E-state index contributed by atoms with van der Waals surface area (Å²) in [5.74, 6) is -0.0630. The molecule has 7 heteroatoms. The van der Waals surface area contributed by atoms with Gasteiger partial charge in [0.25, 0.3) is 5.91 Å². The Hall–Kier alpha value is -2.57. The summed E-state index contributed by atoms with van der Waals surface area (Å²) in [5.41, 5.74) is 3.79. The highest BCUT2D eigenvalue weighted by Gasteiger charge is 2.34. The van der Waals surface area contributed by atoms with E-state index in [0.717, 1.165) is 22.6 Å². The van der Waals surface area contributed by atoms with E-state index in [1.165, 1.54) is 12.8 Å². The molecule has 2 atom stereocenters. The maximum Gasteiger partial charge on any atom is 0.253 e. The van der Waals surface area contributed by atoms with Gasteiger partial charge >= 0.3 is 0 Å². The van der Waals surface area contributed by atoms with E-state index in [2.05, 4.69) is 27.1 Å². The lowest BCUT2D eigenvalue weighted by Crippen LogP contribution is -2.50. The number of piperidine rings is 1. The predicted molar refractivity (Wildman–Crippen MR) is 96.8 cm³/mol. The summed E-state index contributed by atoms with van der Waals surface area (Å²) in [4.78, 5) is 29.0. The number of imidazole rings is 1. The molecule has 2 fully saturated rings. The number of nitrogens with one attached hydrogen (secondary N) is 2. The molecular weight excluding hydrogens is 330 g/mol. The lowest BCUT2D eigenvalue weighted by atomic mass is 9.95. The van der Waals surface area contributed by atoms with Crippen molar-refractivity contribution in [1.29, 1.82) is 0 Å². The molecule has 1 aliphatic carbocycles. The van der Waals surface area contributed by atoms with Gasteiger partial charge < -0.3 is 19.8 Å². The maximum atomic E-state index is 13.0. The van der Waals surface area contributed by atoms with Crippen LogP contribution in [0.15, 0.2) is 18.6 Å². The van der Waals surface area contributed by atoms with Crippen LogP contribution >= 0.6 is 0 Å². The molecule has 0 radical (unpaired) electrons. The van der Waals surface area contributed by atoms with Gasteiger partial charge in [-0.1, -0.05) is 0 Å². The molecule has 2 amide bonds. The predicted octanol–water partition coefficient (Wildman–Crippen LogP) is 1.92. The van der Waals surface area contributed by atoms with E-state index in [9.17, 15) is 9.59 Å². The first-order chi connectivity index (χ1) is 12.5. The van der Waals surface area contributed by atoms with Crippen molar-refractivity contribution in [2.45, 2.75) is 57.7 Å². The van der Waals surface area contributed by atoms with E-state index in [4.69, 9.17) is 0 Å². The monoisotopic (exact) mass is 355 g/mol. The van der Waals surface area contributed by atoms with E-state index in [1.807, 2.05) is 24.6 Å². The molecule has 2 aromatic heterocycles. The highest BCUT2D eigenvalue weighted by molar-refractivity contribution is 5.96. The fourth-order valence-corrected chi connectivity index (χ4v) is 4.05. The van der Waals surface area contributed by atoms with Crippen molar-refractivity contribution in [1.82, 2.24) is 24.8 Å². The average molecular weight is 355 g/mol. The van der Waals surface area contributed by atoms with Crippen LogP contribution in [-0.2, 0) is 11.8 Å². The highest BCUT2D eigenvalue weighted by Crippen LogP contribution is 2.38. The third-order valence-electron chi connectivity index (χ3n) is 5.53. The largest absolute Gasteiger partial charge is 0.347 e. The Morgan fingerprint density at radius 3 is 2.73 bits per heavy atom. The van der Waals surface area contributed by atoms with E-state index >= 15 is 0 Å². The molecule has 1 saturated carbocycles. The molecule has 4 rings (SSSR count). The van der Waals surface area contributed by atoms with Crippen molar-refractivity contribution in [2.75, 3.05) is 0 Å². The molecule has 2 aromatic rings. The van der Waals surface area contributed by atoms with Crippen LogP contribution in [0.25, 0.3) is 0 Å². The molecule has 7 nitrogen and oxygen atoms in total. The Bertz CT molecular complexity index is 861. The Morgan fingerprint density at radius 1 is 1.31 bits per heavy atom. The van der Waals surface area contributed by atoms with Gasteiger partial charge in [-0.3, -0.25) is 9.59 Å². The zero-order chi connectivity index (χ0) is 18.4. The maximum absolute atomic E-state index is 13.0. The smallest absolute Gasteiger partial charge is 0.253 e. The van der Waals surface area contributed by atoms with Gasteiger partial charge in [-0.2, -0.15) is 0 Å². The van der Waals surface area contributed by atoms with E-state index < -0.39 is 0 Å². The molecule has 0 spiro atoms. The summed E-state index contributed by atoms with van der Waals surface area (Å²) < 4.78 is 4.16. The van der Waals surface area contributed by atoms with Gasteiger partial charge in [0.15, 0.2) is 0 Å². The second-order valence-electron chi connectivity index (χ2n) is 7.48. The van der Waals surface area contributed by atoms with Crippen LogP contribution in [0.2, 0.25) is 0 Å². The number of hydrogen-bond acceptors (Lipinski definition) is 3. The van der Waals surface area contributed by atoms with Gasteiger partial charge in [0.05, 0.1) is 35.9 Å². The van der Waals surface area contributed by atoms with Gasteiger partial charge in [-0.15, -0.1) is 0 Å². The third-order valence-corrected chi connectivity index (χ3v) is 5.53. The standard InChI is InChI=1S/C19H25N5O2/c1-11-8-14(12(2)24(11)13-4-5-13)19(26)21-15-6-7-17(25)22-18(15)16-9-20-10-23(16)3/h8-10,13,15,18H,4-7H2,1-3H3,(H,21,26)(H,22,25)/t15-,18-/m1/s1. The van der Waals surface area contributed by atoms with E-state index in [1.54, 1.807) is 12.5 Å². The molecule has 138 valence electrons. The van der Waals surface area contributed by atoms with Crippen molar-refractivity contribution in [2.24, 2.45) is 7.05 Å². The van der Waals surface area contributed by atoms with E-state index in [0.29, 0.717) is 18.9 Å². The Balaban J connectivity index is 1.57. The van der Waals surface area contributed by atoms with Crippen molar-refractivity contribution in [3.8, 4) is 0 Å². The van der Waals surface area contributed by atoms with Crippen LogP contribution in [0.5, 0.6) is 0 Å². The first kappa shape index (κ1) is 16.9. The van der Waals surface area contributed by atoms with Crippen molar-refractivity contribution in [3.63, 3.8) is 0 Å². The molecule has 3 heterocycles. The second kappa shape index (κ2) is 6.30.